The second kappa shape index (κ2) is 6.65. The number of halogens is 2. The van der Waals surface area contributed by atoms with E-state index in [9.17, 15) is 8.42 Å². The van der Waals surface area contributed by atoms with E-state index >= 15 is 0 Å². The molecule has 3 N–H and O–H groups in total. The van der Waals surface area contributed by atoms with Gasteiger partial charge in [0.2, 0.25) is 0 Å². The Bertz CT molecular complexity index is 710. The third-order valence-corrected chi connectivity index (χ3v) is 4.71. The minimum absolute atomic E-state index is 0.0144. The molecule has 6 nitrogen and oxygen atoms in total. The third kappa shape index (κ3) is 3.68. The van der Waals surface area contributed by atoms with Crippen LogP contribution in [0.1, 0.15) is 12.5 Å². The van der Waals surface area contributed by atoms with Gasteiger partial charge < -0.3 is 5.32 Å². The zero-order valence-electron chi connectivity index (χ0n) is 11.2. The molecular formula is C12H14Cl2N4O2S. The normalized spacial score (nSPS) is 11.6. The lowest BCUT2D eigenvalue weighted by molar-refractivity contribution is 0.594. The van der Waals surface area contributed by atoms with E-state index < -0.39 is 10.0 Å². The SMILES string of the molecule is CCNCc1cn[nH]c1S(=O)(=O)Nc1c(Cl)cccc1Cl. The van der Waals surface area contributed by atoms with E-state index in [1.165, 1.54) is 6.20 Å². The molecule has 1 aromatic carbocycles. The van der Waals surface area contributed by atoms with Crippen LogP contribution in [0, 0.1) is 0 Å². The highest BCUT2D eigenvalue weighted by atomic mass is 35.5. The van der Waals surface area contributed by atoms with E-state index in [0.29, 0.717) is 18.7 Å². The number of hydrogen-bond acceptors (Lipinski definition) is 4. The van der Waals surface area contributed by atoms with Crippen molar-refractivity contribution in [2.45, 2.75) is 18.5 Å². The molecule has 0 spiro atoms. The predicted molar refractivity (Wildman–Crippen MR) is 83.2 cm³/mol. The first-order valence-corrected chi connectivity index (χ1v) is 8.39. The van der Waals surface area contributed by atoms with E-state index in [4.69, 9.17) is 23.2 Å². The fourth-order valence-electron chi connectivity index (χ4n) is 1.70. The molecule has 0 saturated heterocycles. The molecule has 0 aliphatic rings. The molecule has 0 atom stereocenters. The number of para-hydroxylation sites is 1. The van der Waals surface area contributed by atoms with Gasteiger partial charge in [0, 0.05) is 12.1 Å². The molecule has 0 bridgehead atoms. The summed E-state index contributed by atoms with van der Waals surface area (Å²) in [4.78, 5) is 0. The summed E-state index contributed by atoms with van der Waals surface area (Å²) in [5, 5.41) is 9.74. The molecule has 0 fully saturated rings. The minimum atomic E-state index is -3.85. The van der Waals surface area contributed by atoms with Crippen LogP contribution in [-0.4, -0.2) is 25.2 Å². The van der Waals surface area contributed by atoms with Crippen LogP contribution in [0.3, 0.4) is 0 Å². The Hall–Kier alpha value is -1.28. The number of hydrogen-bond donors (Lipinski definition) is 3. The maximum Gasteiger partial charge on any atom is 0.279 e. The van der Waals surface area contributed by atoms with Crippen molar-refractivity contribution >= 4 is 38.9 Å². The number of benzene rings is 1. The van der Waals surface area contributed by atoms with Crippen LogP contribution in [0.5, 0.6) is 0 Å². The van der Waals surface area contributed by atoms with E-state index in [2.05, 4.69) is 20.2 Å². The predicted octanol–water partition coefficient (Wildman–Crippen LogP) is 2.63. The average molecular weight is 349 g/mol. The molecule has 0 aliphatic heterocycles. The van der Waals surface area contributed by atoms with Crippen molar-refractivity contribution in [1.29, 1.82) is 0 Å². The van der Waals surface area contributed by atoms with Crippen molar-refractivity contribution in [2.75, 3.05) is 11.3 Å². The lowest BCUT2D eigenvalue weighted by Gasteiger charge is -2.11. The van der Waals surface area contributed by atoms with Gasteiger partial charge in [-0.05, 0) is 18.7 Å². The molecule has 2 rings (SSSR count). The summed E-state index contributed by atoms with van der Waals surface area (Å²) < 4.78 is 27.2. The monoisotopic (exact) mass is 348 g/mol. The van der Waals surface area contributed by atoms with Gasteiger partial charge in [0.1, 0.15) is 0 Å². The Morgan fingerprint density at radius 2 is 1.95 bits per heavy atom. The zero-order valence-corrected chi connectivity index (χ0v) is 13.5. The van der Waals surface area contributed by atoms with Gasteiger partial charge in [0.25, 0.3) is 10.0 Å². The topological polar surface area (TPSA) is 86.9 Å². The first kappa shape index (κ1) is 16.1. The highest BCUT2D eigenvalue weighted by Gasteiger charge is 2.22. The molecule has 2 aromatic rings. The van der Waals surface area contributed by atoms with Crippen molar-refractivity contribution in [3.8, 4) is 0 Å². The lowest BCUT2D eigenvalue weighted by Crippen LogP contribution is -2.18. The maximum absolute atomic E-state index is 12.4. The van der Waals surface area contributed by atoms with Crippen LogP contribution in [-0.2, 0) is 16.6 Å². The van der Waals surface area contributed by atoms with Gasteiger partial charge in [-0.2, -0.15) is 13.5 Å². The summed E-state index contributed by atoms with van der Waals surface area (Å²) >= 11 is 11.9. The molecule has 0 unspecified atom stereocenters. The van der Waals surface area contributed by atoms with Crippen molar-refractivity contribution < 1.29 is 8.42 Å². The molecule has 21 heavy (non-hydrogen) atoms. The number of aromatic amines is 1. The molecule has 0 aliphatic carbocycles. The van der Waals surface area contributed by atoms with Gasteiger partial charge in [-0.1, -0.05) is 36.2 Å². The van der Waals surface area contributed by atoms with Crippen LogP contribution < -0.4 is 10.0 Å². The van der Waals surface area contributed by atoms with Crippen molar-refractivity contribution in [1.82, 2.24) is 15.5 Å². The standard InChI is InChI=1S/C12H14Cl2N4O2S/c1-2-15-6-8-7-16-17-12(8)21(19,20)18-11-9(13)4-3-5-10(11)14/h3-5,7,15,18H,2,6H2,1H3,(H,16,17). The van der Waals surface area contributed by atoms with Gasteiger partial charge in [-0.3, -0.25) is 9.82 Å². The molecule has 1 heterocycles. The van der Waals surface area contributed by atoms with Crippen molar-refractivity contribution in [2.24, 2.45) is 0 Å². The van der Waals surface area contributed by atoms with Crippen molar-refractivity contribution in [3.63, 3.8) is 0 Å². The van der Waals surface area contributed by atoms with Gasteiger partial charge in [0.05, 0.1) is 21.9 Å². The highest BCUT2D eigenvalue weighted by Crippen LogP contribution is 2.31. The summed E-state index contributed by atoms with van der Waals surface area (Å²) in [7, 11) is -3.85. The summed E-state index contributed by atoms with van der Waals surface area (Å²) in [6.07, 6.45) is 1.46. The van der Waals surface area contributed by atoms with Crippen LogP contribution in [0.25, 0.3) is 0 Å². The Morgan fingerprint density at radius 1 is 1.29 bits per heavy atom. The van der Waals surface area contributed by atoms with Crippen LogP contribution in [0.4, 0.5) is 5.69 Å². The first-order chi connectivity index (χ1) is 9.95. The number of sulfonamides is 1. The van der Waals surface area contributed by atoms with E-state index in [1.807, 2.05) is 6.92 Å². The Morgan fingerprint density at radius 3 is 2.57 bits per heavy atom. The highest BCUT2D eigenvalue weighted by molar-refractivity contribution is 7.92. The van der Waals surface area contributed by atoms with Crippen LogP contribution in [0.15, 0.2) is 29.4 Å². The molecular weight excluding hydrogens is 335 g/mol. The molecule has 0 amide bonds. The number of anilines is 1. The summed E-state index contributed by atoms with van der Waals surface area (Å²) in [6.45, 7) is 3.03. The molecule has 1 aromatic heterocycles. The van der Waals surface area contributed by atoms with Gasteiger partial charge >= 0.3 is 0 Å². The average Bonchev–Trinajstić information content (AvgIpc) is 2.90. The van der Waals surface area contributed by atoms with E-state index in [0.717, 1.165) is 0 Å². The second-order valence-corrected chi connectivity index (χ2v) is 6.64. The smallest absolute Gasteiger partial charge is 0.279 e. The number of aromatic nitrogens is 2. The number of nitrogens with zero attached hydrogens (tertiary/aromatic N) is 1. The largest absolute Gasteiger partial charge is 0.313 e. The zero-order chi connectivity index (χ0) is 15.5. The van der Waals surface area contributed by atoms with Crippen molar-refractivity contribution in [3.05, 3.63) is 40.0 Å². The van der Waals surface area contributed by atoms with Crippen LogP contribution >= 0.6 is 23.2 Å². The Balaban J connectivity index is 2.33. The van der Waals surface area contributed by atoms with E-state index in [-0.39, 0.29) is 20.8 Å². The maximum atomic E-state index is 12.4. The van der Waals surface area contributed by atoms with Gasteiger partial charge in [-0.15, -0.1) is 0 Å². The fraction of sp³-hybridized carbons (Fsp3) is 0.250. The first-order valence-electron chi connectivity index (χ1n) is 6.15. The Kier molecular flexibility index (Phi) is 5.10. The fourth-order valence-corrected chi connectivity index (χ4v) is 3.54. The minimum Gasteiger partial charge on any atom is -0.313 e. The second-order valence-electron chi connectivity index (χ2n) is 4.21. The summed E-state index contributed by atoms with van der Waals surface area (Å²) in [6, 6.07) is 4.74. The molecule has 0 saturated carbocycles. The summed E-state index contributed by atoms with van der Waals surface area (Å²) in [5.41, 5.74) is 0.678. The van der Waals surface area contributed by atoms with Gasteiger partial charge in [-0.25, -0.2) is 0 Å². The quantitative estimate of drug-likeness (QED) is 0.748. The third-order valence-electron chi connectivity index (χ3n) is 2.71. The number of rotatable bonds is 6. The number of nitrogens with one attached hydrogen (secondary N) is 3. The molecule has 114 valence electrons. The molecule has 9 heteroatoms. The van der Waals surface area contributed by atoms with E-state index in [1.54, 1.807) is 18.2 Å². The molecule has 0 radical (unpaired) electrons. The van der Waals surface area contributed by atoms with Crippen LogP contribution in [0.2, 0.25) is 10.0 Å². The lowest BCUT2D eigenvalue weighted by atomic mass is 10.3. The number of H-pyrrole nitrogens is 1. The Labute approximate surface area is 132 Å². The van der Waals surface area contributed by atoms with Gasteiger partial charge in [0.15, 0.2) is 5.03 Å². The summed E-state index contributed by atoms with van der Waals surface area (Å²) in [5.74, 6) is 0.